The number of ether oxygens (including phenoxy) is 1. The van der Waals surface area contributed by atoms with E-state index in [9.17, 15) is 4.79 Å². The second kappa shape index (κ2) is 7.35. The van der Waals surface area contributed by atoms with Gasteiger partial charge in [0, 0.05) is 45.1 Å². The third-order valence-electron chi connectivity index (χ3n) is 4.86. The summed E-state index contributed by atoms with van der Waals surface area (Å²) >= 11 is 0. The fourth-order valence-corrected chi connectivity index (χ4v) is 3.16. The highest BCUT2D eigenvalue weighted by atomic mass is 16.5. The molecule has 1 atom stereocenters. The smallest absolute Gasteiger partial charge is 0.224 e. The quantitative estimate of drug-likeness (QED) is 0.720. The van der Waals surface area contributed by atoms with Gasteiger partial charge in [0.1, 0.15) is 5.69 Å². The summed E-state index contributed by atoms with van der Waals surface area (Å²) in [6.07, 6.45) is 9.54. The minimum absolute atomic E-state index is 0.172. The molecule has 134 valence electrons. The van der Waals surface area contributed by atoms with E-state index >= 15 is 0 Å². The lowest BCUT2D eigenvalue weighted by molar-refractivity contribution is -0.130. The van der Waals surface area contributed by atoms with E-state index in [1.54, 1.807) is 10.9 Å². The normalized spacial score (nSPS) is 20.3. The van der Waals surface area contributed by atoms with E-state index in [2.05, 4.69) is 15.4 Å². The average Bonchev–Trinajstić information content (AvgIpc) is 3.06. The van der Waals surface area contributed by atoms with Crippen LogP contribution in [-0.4, -0.2) is 55.3 Å². The molecule has 1 saturated carbocycles. The van der Waals surface area contributed by atoms with E-state index in [0.717, 1.165) is 31.2 Å². The van der Waals surface area contributed by atoms with E-state index in [-0.39, 0.29) is 11.9 Å². The molecule has 1 aliphatic carbocycles. The number of nitrogens with zero attached hydrogens (tertiary/aromatic N) is 6. The van der Waals surface area contributed by atoms with E-state index in [0.29, 0.717) is 26.1 Å². The van der Waals surface area contributed by atoms with Crippen LogP contribution in [0.5, 0.6) is 0 Å². The molecule has 8 nitrogen and oxygen atoms in total. The fraction of sp³-hybridized carbons (Fsp3) is 0.647. The van der Waals surface area contributed by atoms with Crippen molar-refractivity contribution < 1.29 is 9.53 Å². The van der Waals surface area contributed by atoms with Crippen molar-refractivity contribution in [2.75, 3.05) is 19.7 Å². The van der Waals surface area contributed by atoms with Gasteiger partial charge in [-0.05, 0) is 31.2 Å². The van der Waals surface area contributed by atoms with Crippen molar-refractivity contribution in [1.29, 1.82) is 0 Å². The van der Waals surface area contributed by atoms with Crippen LogP contribution in [0.2, 0.25) is 0 Å². The molecule has 2 aliphatic rings. The van der Waals surface area contributed by atoms with E-state index in [1.165, 1.54) is 12.8 Å². The zero-order valence-electron chi connectivity index (χ0n) is 14.3. The molecule has 25 heavy (non-hydrogen) atoms. The first-order chi connectivity index (χ1) is 12.3. The molecule has 0 N–H and O–H groups in total. The third-order valence-corrected chi connectivity index (χ3v) is 4.86. The summed E-state index contributed by atoms with van der Waals surface area (Å²) in [5.41, 5.74) is 0.865. The van der Waals surface area contributed by atoms with Crippen molar-refractivity contribution >= 4 is 5.91 Å². The highest BCUT2D eigenvalue weighted by Crippen LogP contribution is 2.29. The molecule has 1 aliphatic heterocycles. The predicted molar refractivity (Wildman–Crippen MR) is 89.5 cm³/mol. The number of hydrogen-bond donors (Lipinski definition) is 0. The van der Waals surface area contributed by atoms with Gasteiger partial charge >= 0.3 is 0 Å². The third kappa shape index (κ3) is 4.25. The van der Waals surface area contributed by atoms with Crippen LogP contribution in [0.1, 0.15) is 37.4 Å². The molecule has 8 heteroatoms. The molecule has 1 saturated heterocycles. The van der Waals surface area contributed by atoms with Gasteiger partial charge < -0.3 is 9.64 Å². The Morgan fingerprint density at radius 3 is 3.04 bits per heavy atom. The van der Waals surface area contributed by atoms with Gasteiger partial charge in [-0.3, -0.25) is 9.48 Å². The summed E-state index contributed by atoms with van der Waals surface area (Å²) in [6, 6.07) is 2.07. The van der Waals surface area contributed by atoms with E-state index in [4.69, 9.17) is 4.74 Å². The summed E-state index contributed by atoms with van der Waals surface area (Å²) in [7, 11) is 0. The standard InChI is InChI=1S/C17H24N6O2/c24-17(5-9-22-7-1-6-18-22)21-8-4-16(11-21)23-10-15(19-20-23)13-25-12-14-2-3-14/h1,6-7,10,14,16H,2-5,8-9,11-13H2. The minimum atomic E-state index is 0.172. The highest BCUT2D eigenvalue weighted by Gasteiger charge is 2.28. The molecular formula is C17H24N6O2. The number of carbonyl (C=O) groups is 1. The van der Waals surface area contributed by atoms with Crippen molar-refractivity contribution in [3.05, 3.63) is 30.4 Å². The van der Waals surface area contributed by atoms with Crippen LogP contribution in [0.25, 0.3) is 0 Å². The largest absolute Gasteiger partial charge is 0.375 e. The number of rotatable bonds is 8. The summed E-state index contributed by atoms with van der Waals surface area (Å²) in [5.74, 6) is 0.928. The zero-order chi connectivity index (χ0) is 17.1. The van der Waals surface area contributed by atoms with Gasteiger partial charge in [0.15, 0.2) is 0 Å². The summed E-state index contributed by atoms with van der Waals surface area (Å²) in [4.78, 5) is 14.3. The number of amides is 1. The maximum absolute atomic E-state index is 12.4. The van der Waals surface area contributed by atoms with Crippen LogP contribution in [0.3, 0.4) is 0 Å². The summed E-state index contributed by atoms with van der Waals surface area (Å²) < 4.78 is 9.33. The summed E-state index contributed by atoms with van der Waals surface area (Å²) in [5, 5.41) is 12.5. The lowest BCUT2D eigenvalue weighted by Gasteiger charge is -2.16. The summed E-state index contributed by atoms with van der Waals surface area (Å²) in [6.45, 7) is 3.45. The molecule has 1 unspecified atom stereocenters. The van der Waals surface area contributed by atoms with Crippen molar-refractivity contribution in [3.63, 3.8) is 0 Å². The molecule has 0 aromatic carbocycles. The molecule has 1 amide bonds. The zero-order valence-corrected chi connectivity index (χ0v) is 14.3. The van der Waals surface area contributed by atoms with E-state index < -0.39 is 0 Å². The monoisotopic (exact) mass is 344 g/mol. The van der Waals surface area contributed by atoms with Crippen LogP contribution in [0.4, 0.5) is 0 Å². The van der Waals surface area contributed by atoms with Crippen LogP contribution in [0.15, 0.2) is 24.7 Å². The molecule has 3 heterocycles. The maximum atomic E-state index is 12.4. The number of hydrogen-bond acceptors (Lipinski definition) is 5. The van der Waals surface area contributed by atoms with Crippen LogP contribution in [0, 0.1) is 5.92 Å². The Hall–Kier alpha value is -2.22. The second-order valence-electron chi connectivity index (χ2n) is 6.95. The highest BCUT2D eigenvalue weighted by molar-refractivity contribution is 5.76. The molecule has 4 rings (SSSR count). The Kier molecular flexibility index (Phi) is 4.78. The Morgan fingerprint density at radius 1 is 1.32 bits per heavy atom. The van der Waals surface area contributed by atoms with Crippen molar-refractivity contribution in [3.8, 4) is 0 Å². The van der Waals surface area contributed by atoms with Crippen molar-refractivity contribution in [1.82, 2.24) is 29.7 Å². The first-order valence-corrected chi connectivity index (χ1v) is 9.01. The predicted octanol–water partition coefficient (Wildman–Crippen LogP) is 1.26. The number of aromatic nitrogens is 5. The second-order valence-corrected chi connectivity index (χ2v) is 6.95. The van der Waals surface area contributed by atoms with Gasteiger partial charge in [-0.1, -0.05) is 5.21 Å². The van der Waals surface area contributed by atoms with Gasteiger partial charge in [-0.2, -0.15) is 5.10 Å². The topological polar surface area (TPSA) is 78.1 Å². The number of aryl methyl sites for hydroxylation is 1. The van der Waals surface area contributed by atoms with Crippen molar-refractivity contribution in [2.45, 2.75) is 44.9 Å². The lowest BCUT2D eigenvalue weighted by Crippen LogP contribution is -2.30. The van der Waals surface area contributed by atoms with Gasteiger partial charge in [-0.25, -0.2) is 4.68 Å². The Balaban J connectivity index is 1.23. The molecule has 0 bridgehead atoms. The molecule has 2 aromatic rings. The van der Waals surface area contributed by atoms with Gasteiger partial charge in [0.2, 0.25) is 5.91 Å². The fourth-order valence-electron chi connectivity index (χ4n) is 3.16. The number of carbonyl (C=O) groups excluding carboxylic acids is 1. The van der Waals surface area contributed by atoms with Gasteiger partial charge in [-0.15, -0.1) is 5.10 Å². The first kappa shape index (κ1) is 16.3. The molecule has 0 spiro atoms. The van der Waals surface area contributed by atoms with E-state index in [1.807, 2.05) is 28.0 Å². The maximum Gasteiger partial charge on any atom is 0.224 e. The Bertz CT molecular complexity index is 694. The Morgan fingerprint density at radius 2 is 2.24 bits per heavy atom. The van der Waals surface area contributed by atoms with Crippen molar-refractivity contribution in [2.24, 2.45) is 5.92 Å². The number of likely N-dealkylation sites (tertiary alicyclic amines) is 1. The molecule has 0 radical (unpaired) electrons. The molecular weight excluding hydrogens is 320 g/mol. The first-order valence-electron chi connectivity index (χ1n) is 9.01. The molecule has 2 aromatic heterocycles. The van der Waals surface area contributed by atoms with Crippen LogP contribution >= 0.6 is 0 Å². The van der Waals surface area contributed by atoms with Gasteiger partial charge in [0.25, 0.3) is 0 Å². The minimum Gasteiger partial charge on any atom is -0.375 e. The van der Waals surface area contributed by atoms with Crippen LogP contribution < -0.4 is 0 Å². The average molecular weight is 344 g/mol. The lowest BCUT2D eigenvalue weighted by atomic mass is 10.3. The molecule has 2 fully saturated rings. The van der Waals surface area contributed by atoms with Crippen LogP contribution in [-0.2, 0) is 22.7 Å². The van der Waals surface area contributed by atoms with Gasteiger partial charge in [0.05, 0.1) is 18.8 Å². The SMILES string of the molecule is O=C(CCn1cccn1)N1CCC(n2cc(COCC3CC3)nn2)C1. The Labute approximate surface area is 146 Å².